The molecule has 0 saturated heterocycles. The predicted molar refractivity (Wildman–Crippen MR) is 78.8 cm³/mol. The molecule has 0 saturated carbocycles. The van der Waals surface area contributed by atoms with Gasteiger partial charge < -0.3 is 5.73 Å². The molecule has 100 valence electrons. The summed E-state index contributed by atoms with van der Waals surface area (Å²) in [6.07, 6.45) is 7.58. The van der Waals surface area contributed by atoms with Crippen molar-refractivity contribution in [3.63, 3.8) is 0 Å². The first-order valence-corrected chi connectivity index (χ1v) is 7.55. The molecule has 1 aliphatic rings. The standard InChI is InChI=1S/C17H27N/c1-3-7-13(2)17(18)12-15-10-6-9-14-8-4-5-11-16(14)15/h4-5,8,11,13,15,17H,3,6-7,9-10,12,18H2,1-2H3. The highest BCUT2D eigenvalue weighted by molar-refractivity contribution is 5.32. The second-order valence-electron chi connectivity index (χ2n) is 5.95. The lowest BCUT2D eigenvalue weighted by Gasteiger charge is -2.29. The van der Waals surface area contributed by atoms with Crippen LogP contribution in [0, 0.1) is 5.92 Å². The van der Waals surface area contributed by atoms with Crippen LogP contribution in [0.3, 0.4) is 0 Å². The van der Waals surface area contributed by atoms with E-state index in [-0.39, 0.29) is 0 Å². The minimum Gasteiger partial charge on any atom is -0.327 e. The van der Waals surface area contributed by atoms with Gasteiger partial charge in [0.05, 0.1) is 0 Å². The summed E-state index contributed by atoms with van der Waals surface area (Å²) < 4.78 is 0. The molecule has 1 aliphatic carbocycles. The SMILES string of the molecule is CCCC(C)C(N)CC1CCCc2ccccc21. The van der Waals surface area contributed by atoms with Crippen molar-refractivity contribution in [2.24, 2.45) is 11.7 Å². The molecule has 0 fully saturated rings. The summed E-state index contributed by atoms with van der Waals surface area (Å²) in [5, 5.41) is 0. The highest BCUT2D eigenvalue weighted by Crippen LogP contribution is 2.35. The van der Waals surface area contributed by atoms with Crippen molar-refractivity contribution in [2.75, 3.05) is 0 Å². The summed E-state index contributed by atoms with van der Waals surface area (Å²) in [5.41, 5.74) is 9.52. The van der Waals surface area contributed by atoms with E-state index < -0.39 is 0 Å². The molecule has 3 atom stereocenters. The molecule has 1 heteroatoms. The zero-order chi connectivity index (χ0) is 13.0. The van der Waals surface area contributed by atoms with Crippen molar-refractivity contribution in [3.8, 4) is 0 Å². The van der Waals surface area contributed by atoms with Gasteiger partial charge in [-0.15, -0.1) is 0 Å². The molecular formula is C17H27N. The highest BCUT2D eigenvalue weighted by atomic mass is 14.6. The van der Waals surface area contributed by atoms with Gasteiger partial charge in [0, 0.05) is 6.04 Å². The van der Waals surface area contributed by atoms with E-state index in [2.05, 4.69) is 38.1 Å². The van der Waals surface area contributed by atoms with E-state index in [1.165, 1.54) is 32.1 Å². The largest absolute Gasteiger partial charge is 0.327 e. The summed E-state index contributed by atoms with van der Waals surface area (Å²) in [5.74, 6) is 1.35. The van der Waals surface area contributed by atoms with Gasteiger partial charge in [0.15, 0.2) is 0 Å². The smallest absolute Gasteiger partial charge is 0.00703 e. The molecule has 18 heavy (non-hydrogen) atoms. The van der Waals surface area contributed by atoms with E-state index in [9.17, 15) is 0 Å². The van der Waals surface area contributed by atoms with Crippen LogP contribution in [0.2, 0.25) is 0 Å². The molecule has 1 nitrogen and oxygen atoms in total. The molecule has 0 spiro atoms. The molecule has 2 N–H and O–H groups in total. The van der Waals surface area contributed by atoms with Gasteiger partial charge in [0.25, 0.3) is 0 Å². The van der Waals surface area contributed by atoms with Crippen molar-refractivity contribution >= 4 is 0 Å². The number of hydrogen-bond donors (Lipinski definition) is 1. The Balaban J connectivity index is 2.02. The minimum atomic E-state index is 0.362. The van der Waals surface area contributed by atoms with Crippen LogP contribution >= 0.6 is 0 Å². The number of rotatable bonds is 5. The molecule has 0 aliphatic heterocycles. The molecule has 1 aromatic carbocycles. The van der Waals surface area contributed by atoms with Crippen molar-refractivity contribution in [1.29, 1.82) is 0 Å². The van der Waals surface area contributed by atoms with Gasteiger partial charge in [-0.3, -0.25) is 0 Å². The maximum absolute atomic E-state index is 6.39. The summed E-state index contributed by atoms with van der Waals surface area (Å²) in [7, 11) is 0. The van der Waals surface area contributed by atoms with Gasteiger partial charge in [0.1, 0.15) is 0 Å². The molecule has 0 heterocycles. The first-order valence-electron chi connectivity index (χ1n) is 7.55. The molecule has 0 aromatic heterocycles. The van der Waals surface area contributed by atoms with Crippen molar-refractivity contribution < 1.29 is 0 Å². The monoisotopic (exact) mass is 245 g/mol. The lowest BCUT2D eigenvalue weighted by atomic mass is 9.77. The normalized spacial score (nSPS) is 22.3. The molecular weight excluding hydrogens is 218 g/mol. The number of hydrogen-bond acceptors (Lipinski definition) is 1. The van der Waals surface area contributed by atoms with E-state index in [1.54, 1.807) is 11.1 Å². The third-order valence-electron chi connectivity index (χ3n) is 4.53. The number of benzene rings is 1. The third kappa shape index (κ3) is 3.14. The van der Waals surface area contributed by atoms with E-state index >= 15 is 0 Å². The zero-order valence-corrected chi connectivity index (χ0v) is 11.9. The summed E-state index contributed by atoms with van der Waals surface area (Å²) in [6.45, 7) is 4.56. The first-order chi connectivity index (χ1) is 8.72. The summed E-state index contributed by atoms with van der Waals surface area (Å²) >= 11 is 0. The maximum Gasteiger partial charge on any atom is 0.00703 e. The molecule has 0 amide bonds. The number of nitrogens with two attached hydrogens (primary N) is 1. The van der Waals surface area contributed by atoms with Crippen molar-refractivity contribution in [1.82, 2.24) is 0 Å². The minimum absolute atomic E-state index is 0.362. The fourth-order valence-electron chi connectivity index (χ4n) is 3.33. The van der Waals surface area contributed by atoms with E-state index in [1.807, 2.05) is 0 Å². The summed E-state index contributed by atoms with van der Waals surface area (Å²) in [4.78, 5) is 0. The van der Waals surface area contributed by atoms with Gasteiger partial charge in [-0.05, 0) is 55.1 Å². The van der Waals surface area contributed by atoms with Crippen LogP contribution in [0.15, 0.2) is 24.3 Å². The van der Waals surface area contributed by atoms with Crippen molar-refractivity contribution in [2.45, 2.75) is 64.3 Å². The Bertz CT molecular complexity index is 372. The highest BCUT2D eigenvalue weighted by Gasteiger charge is 2.23. The Kier molecular flexibility index (Phi) is 4.82. The second-order valence-corrected chi connectivity index (χ2v) is 5.95. The van der Waals surface area contributed by atoms with Crippen LogP contribution in [0.4, 0.5) is 0 Å². The van der Waals surface area contributed by atoms with E-state index in [4.69, 9.17) is 5.73 Å². The molecule has 2 rings (SSSR count). The molecule has 0 bridgehead atoms. The Morgan fingerprint density at radius 2 is 2.11 bits per heavy atom. The Hall–Kier alpha value is -0.820. The lowest BCUT2D eigenvalue weighted by Crippen LogP contribution is -2.31. The second kappa shape index (κ2) is 6.38. The van der Waals surface area contributed by atoms with Gasteiger partial charge >= 0.3 is 0 Å². The van der Waals surface area contributed by atoms with E-state index in [0.717, 1.165) is 6.42 Å². The molecule has 0 radical (unpaired) electrons. The lowest BCUT2D eigenvalue weighted by molar-refractivity contribution is 0.362. The Labute approximate surface area is 112 Å². The zero-order valence-electron chi connectivity index (χ0n) is 11.9. The predicted octanol–water partition coefficient (Wildman–Crippen LogP) is 4.26. The van der Waals surface area contributed by atoms with Gasteiger partial charge in [-0.1, -0.05) is 44.5 Å². The molecule has 3 unspecified atom stereocenters. The van der Waals surface area contributed by atoms with Gasteiger partial charge in [-0.2, -0.15) is 0 Å². The van der Waals surface area contributed by atoms with Crippen LogP contribution in [-0.2, 0) is 6.42 Å². The Morgan fingerprint density at radius 3 is 2.89 bits per heavy atom. The maximum atomic E-state index is 6.39. The topological polar surface area (TPSA) is 26.0 Å². The number of aryl methyl sites for hydroxylation is 1. The van der Waals surface area contributed by atoms with Crippen LogP contribution in [0.1, 0.15) is 63.0 Å². The van der Waals surface area contributed by atoms with Crippen LogP contribution in [0.25, 0.3) is 0 Å². The van der Waals surface area contributed by atoms with Crippen LogP contribution < -0.4 is 5.73 Å². The van der Waals surface area contributed by atoms with Gasteiger partial charge in [-0.25, -0.2) is 0 Å². The Morgan fingerprint density at radius 1 is 1.33 bits per heavy atom. The van der Waals surface area contributed by atoms with Crippen LogP contribution in [0.5, 0.6) is 0 Å². The van der Waals surface area contributed by atoms with Gasteiger partial charge in [0.2, 0.25) is 0 Å². The fraction of sp³-hybridized carbons (Fsp3) is 0.647. The first kappa shape index (κ1) is 13.6. The van der Waals surface area contributed by atoms with Crippen molar-refractivity contribution in [3.05, 3.63) is 35.4 Å². The van der Waals surface area contributed by atoms with E-state index in [0.29, 0.717) is 17.9 Å². The molecule has 1 aromatic rings. The average molecular weight is 245 g/mol. The fourth-order valence-corrected chi connectivity index (χ4v) is 3.33. The van der Waals surface area contributed by atoms with Crippen LogP contribution in [-0.4, -0.2) is 6.04 Å². The summed E-state index contributed by atoms with van der Waals surface area (Å²) in [6, 6.07) is 9.32. The third-order valence-corrected chi connectivity index (χ3v) is 4.53. The quantitative estimate of drug-likeness (QED) is 0.824. The number of fused-ring (bicyclic) bond motifs is 1. The average Bonchev–Trinajstić information content (AvgIpc) is 2.39.